The zero-order chi connectivity index (χ0) is 28.8. The van der Waals surface area contributed by atoms with Gasteiger partial charge in [-0.25, -0.2) is 9.78 Å². The SMILES string of the molecule is Cn1cnc(CCNCCC(CNC(=O)Nc2cc(C(F)(F)F)cc(C(F)(F)F)c2)c2ccc(Cl)c(Cl)c2)c1. The lowest BCUT2D eigenvalue weighted by molar-refractivity contribution is -0.143. The third-order valence-corrected chi connectivity index (χ3v) is 6.49. The lowest BCUT2D eigenvalue weighted by atomic mass is 9.95. The second kappa shape index (κ2) is 12.9. The van der Waals surface area contributed by atoms with Gasteiger partial charge in [0, 0.05) is 44.4 Å². The number of rotatable bonds is 10. The lowest BCUT2D eigenvalue weighted by Gasteiger charge is -2.20. The molecule has 3 rings (SSSR count). The molecule has 0 radical (unpaired) electrons. The molecule has 6 nitrogen and oxygen atoms in total. The van der Waals surface area contributed by atoms with Gasteiger partial charge in [0.05, 0.1) is 33.2 Å². The van der Waals surface area contributed by atoms with Crippen LogP contribution in [0.3, 0.4) is 0 Å². The smallest absolute Gasteiger partial charge is 0.340 e. The first-order valence-corrected chi connectivity index (χ1v) is 12.4. The number of alkyl halides is 6. The van der Waals surface area contributed by atoms with Crippen LogP contribution in [0, 0.1) is 0 Å². The molecule has 1 atom stereocenters. The Labute approximate surface area is 230 Å². The van der Waals surface area contributed by atoms with Gasteiger partial charge in [0.2, 0.25) is 0 Å². The predicted molar refractivity (Wildman–Crippen MR) is 137 cm³/mol. The molecule has 3 N–H and O–H groups in total. The molecule has 0 fully saturated rings. The zero-order valence-electron chi connectivity index (χ0n) is 20.6. The maximum atomic E-state index is 13.1. The summed E-state index contributed by atoms with van der Waals surface area (Å²) in [6, 6.07) is 4.88. The van der Waals surface area contributed by atoms with Gasteiger partial charge in [-0.2, -0.15) is 26.3 Å². The Morgan fingerprint density at radius 1 is 0.974 bits per heavy atom. The quantitative estimate of drug-likeness (QED) is 0.176. The van der Waals surface area contributed by atoms with E-state index >= 15 is 0 Å². The molecule has 0 aliphatic heterocycles. The number of amides is 2. The van der Waals surface area contributed by atoms with Crippen LogP contribution >= 0.6 is 23.2 Å². The van der Waals surface area contributed by atoms with E-state index in [-0.39, 0.29) is 18.5 Å². The Balaban J connectivity index is 1.65. The Morgan fingerprint density at radius 3 is 2.21 bits per heavy atom. The summed E-state index contributed by atoms with van der Waals surface area (Å²) >= 11 is 12.2. The minimum atomic E-state index is -5.03. The monoisotopic (exact) mass is 595 g/mol. The number of benzene rings is 2. The zero-order valence-corrected chi connectivity index (χ0v) is 22.1. The van der Waals surface area contributed by atoms with Crippen LogP contribution in [0.2, 0.25) is 10.0 Å². The van der Waals surface area contributed by atoms with Crippen molar-refractivity contribution in [3.63, 3.8) is 0 Å². The third kappa shape index (κ3) is 9.33. The number of hydrogen-bond donors (Lipinski definition) is 3. The largest absolute Gasteiger partial charge is 0.416 e. The second-order valence-corrected chi connectivity index (χ2v) is 9.63. The number of nitrogens with zero attached hydrogens (tertiary/aromatic N) is 2. The number of hydrogen-bond acceptors (Lipinski definition) is 3. The summed E-state index contributed by atoms with van der Waals surface area (Å²) < 4.78 is 80.6. The third-order valence-electron chi connectivity index (χ3n) is 5.76. The molecular formula is C25H25Cl2F6N5O. The summed E-state index contributed by atoms with van der Waals surface area (Å²) in [5, 5.41) is 8.52. The molecule has 0 aliphatic carbocycles. The highest BCUT2D eigenvalue weighted by molar-refractivity contribution is 6.42. The highest BCUT2D eigenvalue weighted by Crippen LogP contribution is 2.37. The summed E-state index contributed by atoms with van der Waals surface area (Å²) in [5.74, 6) is -0.292. The summed E-state index contributed by atoms with van der Waals surface area (Å²) in [6.45, 7) is 1.22. The van der Waals surface area contributed by atoms with Crippen LogP contribution in [0.1, 0.15) is 34.7 Å². The van der Waals surface area contributed by atoms with Crippen LogP contribution in [0.5, 0.6) is 0 Å². The minimum Gasteiger partial charge on any atom is -0.340 e. The maximum absolute atomic E-state index is 13.1. The number of carbonyl (C=O) groups is 1. The van der Waals surface area contributed by atoms with E-state index < -0.39 is 35.2 Å². The number of aryl methyl sites for hydroxylation is 1. The predicted octanol–water partition coefficient (Wildman–Crippen LogP) is 6.89. The minimum absolute atomic E-state index is 0.00967. The molecule has 14 heteroatoms. The van der Waals surface area contributed by atoms with Crippen LogP contribution in [0.15, 0.2) is 48.9 Å². The first-order chi connectivity index (χ1) is 18.2. The number of aromatic nitrogens is 2. The van der Waals surface area contributed by atoms with Gasteiger partial charge in [0.1, 0.15) is 0 Å². The Kier molecular flexibility index (Phi) is 10.1. The molecular weight excluding hydrogens is 571 g/mol. The highest BCUT2D eigenvalue weighted by atomic mass is 35.5. The molecule has 0 saturated carbocycles. The average molecular weight is 596 g/mol. The average Bonchev–Trinajstić information content (AvgIpc) is 3.26. The van der Waals surface area contributed by atoms with E-state index in [9.17, 15) is 31.1 Å². The molecule has 3 aromatic rings. The van der Waals surface area contributed by atoms with E-state index in [2.05, 4.69) is 20.9 Å². The molecule has 1 heterocycles. The summed E-state index contributed by atoms with van der Waals surface area (Å²) in [5.41, 5.74) is -2.03. The number of urea groups is 1. The molecule has 39 heavy (non-hydrogen) atoms. The van der Waals surface area contributed by atoms with E-state index in [1.807, 2.05) is 17.8 Å². The number of carbonyl (C=O) groups excluding carboxylic acids is 1. The van der Waals surface area contributed by atoms with Crippen LogP contribution in [0.25, 0.3) is 0 Å². The van der Waals surface area contributed by atoms with E-state index in [1.165, 1.54) is 0 Å². The molecule has 0 spiro atoms. The lowest BCUT2D eigenvalue weighted by Crippen LogP contribution is -2.33. The molecule has 0 bridgehead atoms. The Hall–Kier alpha value is -2.96. The molecule has 1 aromatic heterocycles. The molecule has 2 aromatic carbocycles. The fourth-order valence-corrected chi connectivity index (χ4v) is 4.09. The fraction of sp³-hybridized carbons (Fsp3) is 0.360. The Bertz CT molecular complexity index is 1250. The van der Waals surface area contributed by atoms with Crippen molar-refractivity contribution in [2.45, 2.75) is 31.1 Å². The Morgan fingerprint density at radius 2 is 1.64 bits per heavy atom. The van der Waals surface area contributed by atoms with Gasteiger partial charge in [0.15, 0.2) is 0 Å². The second-order valence-electron chi connectivity index (χ2n) is 8.82. The van der Waals surface area contributed by atoms with Crippen molar-refractivity contribution in [2.24, 2.45) is 7.05 Å². The molecule has 0 aliphatic rings. The van der Waals surface area contributed by atoms with Gasteiger partial charge in [-0.15, -0.1) is 0 Å². The fourth-order valence-electron chi connectivity index (χ4n) is 3.78. The van der Waals surface area contributed by atoms with Gasteiger partial charge in [0.25, 0.3) is 0 Å². The topological polar surface area (TPSA) is 71.0 Å². The van der Waals surface area contributed by atoms with E-state index in [1.54, 1.807) is 24.5 Å². The first kappa shape index (κ1) is 30.6. The molecule has 1 unspecified atom stereocenters. The van der Waals surface area contributed by atoms with Crippen LogP contribution in [0.4, 0.5) is 36.8 Å². The van der Waals surface area contributed by atoms with Crippen molar-refractivity contribution in [3.8, 4) is 0 Å². The highest BCUT2D eigenvalue weighted by Gasteiger charge is 2.37. The van der Waals surface area contributed by atoms with E-state index in [4.69, 9.17) is 23.2 Å². The van der Waals surface area contributed by atoms with Crippen molar-refractivity contribution >= 4 is 34.9 Å². The van der Waals surface area contributed by atoms with Gasteiger partial charge in [-0.1, -0.05) is 29.3 Å². The van der Waals surface area contributed by atoms with Crippen LogP contribution < -0.4 is 16.0 Å². The van der Waals surface area contributed by atoms with Gasteiger partial charge in [-0.05, 0) is 48.9 Å². The molecule has 2 amide bonds. The maximum Gasteiger partial charge on any atom is 0.416 e. The molecule has 212 valence electrons. The summed E-state index contributed by atoms with van der Waals surface area (Å²) in [7, 11) is 1.87. The van der Waals surface area contributed by atoms with E-state index in [0.717, 1.165) is 11.3 Å². The van der Waals surface area contributed by atoms with Crippen molar-refractivity contribution < 1.29 is 31.1 Å². The van der Waals surface area contributed by atoms with Crippen LogP contribution in [-0.2, 0) is 25.8 Å². The first-order valence-electron chi connectivity index (χ1n) is 11.7. The van der Waals surface area contributed by atoms with Crippen molar-refractivity contribution in [3.05, 3.63) is 81.4 Å². The summed E-state index contributed by atoms with van der Waals surface area (Å²) in [6.07, 6.45) is -5.22. The van der Waals surface area contributed by atoms with Gasteiger partial charge < -0.3 is 20.5 Å². The van der Waals surface area contributed by atoms with Gasteiger partial charge >= 0.3 is 18.4 Å². The van der Waals surface area contributed by atoms with E-state index in [0.29, 0.717) is 48.1 Å². The van der Waals surface area contributed by atoms with Crippen molar-refractivity contribution in [1.82, 2.24) is 20.2 Å². The number of nitrogens with one attached hydrogen (secondary N) is 3. The van der Waals surface area contributed by atoms with Crippen molar-refractivity contribution in [2.75, 3.05) is 25.0 Å². The van der Waals surface area contributed by atoms with Gasteiger partial charge in [-0.3, -0.25) is 0 Å². The van der Waals surface area contributed by atoms with Crippen LogP contribution in [-0.4, -0.2) is 35.2 Å². The standard InChI is InChI=1S/C25H25Cl2F6N5O/c1-38-13-19(36-14-38)5-7-34-6-4-16(15-2-3-21(26)22(27)8-15)12-35-23(39)37-20-10-17(24(28,29)30)9-18(11-20)25(31,32)33/h2-3,8-11,13-14,16,34H,4-7,12H2,1H3,(H2,35,37,39). The number of anilines is 1. The normalized spacial score (nSPS) is 12.8. The molecule has 0 saturated heterocycles. The number of halogens is 8. The number of imidazole rings is 1. The van der Waals surface area contributed by atoms with Crippen molar-refractivity contribution in [1.29, 1.82) is 0 Å². The summed E-state index contributed by atoms with van der Waals surface area (Å²) in [4.78, 5) is 16.7.